The molecule has 0 aliphatic carbocycles. The number of hydrogen-bond donors (Lipinski definition) is 2. The van der Waals surface area contributed by atoms with Gasteiger partial charge in [-0.15, -0.1) is 11.3 Å². The number of hydrazine groups is 1. The maximum Gasteiger partial charge on any atom is 0.262 e. The van der Waals surface area contributed by atoms with Crippen LogP contribution < -0.4 is 11.3 Å². The Labute approximate surface area is 121 Å². The van der Waals surface area contributed by atoms with Crippen molar-refractivity contribution in [1.82, 2.24) is 13.7 Å². The molecule has 3 N–H and O–H groups in total. The molecule has 0 atom stereocenters. The lowest BCUT2D eigenvalue weighted by Gasteiger charge is -2.29. The van der Waals surface area contributed by atoms with Gasteiger partial charge in [-0.3, -0.25) is 4.40 Å². The van der Waals surface area contributed by atoms with E-state index < -0.39 is 10.0 Å². The Morgan fingerprint density at radius 3 is 2.80 bits per heavy atom. The van der Waals surface area contributed by atoms with E-state index in [1.807, 2.05) is 0 Å². The van der Waals surface area contributed by atoms with Crippen molar-refractivity contribution >= 4 is 32.1 Å². The molecular weight excluding hydrogens is 298 g/mol. The van der Waals surface area contributed by atoms with Crippen molar-refractivity contribution in [2.24, 2.45) is 11.8 Å². The summed E-state index contributed by atoms with van der Waals surface area (Å²) in [6.45, 7) is 3.24. The molecule has 2 aromatic heterocycles. The fourth-order valence-corrected chi connectivity index (χ4v) is 4.91. The van der Waals surface area contributed by atoms with Gasteiger partial charge >= 0.3 is 0 Å². The minimum absolute atomic E-state index is 0.130. The fraction of sp³-hybridized carbons (Fsp3) is 0.545. The van der Waals surface area contributed by atoms with Gasteiger partial charge in [0.15, 0.2) is 10.8 Å². The zero-order valence-corrected chi connectivity index (χ0v) is 12.7. The third-order valence-electron chi connectivity index (χ3n) is 3.68. The van der Waals surface area contributed by atoms with Gasteiger partial charge in [0.25, 0.3) is 10.0 Å². The van der Waals surface area contributed by atoms with E-state index in [4.69, 9.17) is 5.84 Å². The van der Waals surface area contributed by atoms with Crippen molar-refractivity contribution in [3.8, 4) is 0 Å². The van der Waals surface area contributed by atoms with Crippen LogP contribution in [-0.4, -0.2) is 35.2 Å². The highest BCUT2D eigenvalue weighted by atomic mass is 32.2. The molecule has 0 unspecified atom stereocenters. The van der Waals surface area contributed by atoms with Crippen LogP contribution in [-0.2, 0) is 10.0 Å². The number of nitrogens with two attached hydrogens (primary N) is 1. The lowest BCUT2D eigenvalue weighted by Crippen LogP contribution is -2.38. The second kappa shape index (κ2) is 4.99. The first kappa shape index (κ1) is 13.8. The Balaban J connectivity index is 2.06. The molecule has 3 rings (SSSR count). The van der Waals surface area contributed by atoms with Crippen molar-refractivity contribution in [3.05, 3.63) is 11.6 Å². The normalized spacial score (nSPS) is 18.7. The van der Waals surface area contributed by atoms with E-state index in [2.05, 4.69) is 17.3 Å². The molecule has 1 aliphatic heterocycles. The highest BCUT2D eigenvalue weighted by Crippen LogP contribution is 2.30. The van der Waals surface area contributed by atoms with Crippen LogP contribution in [0.1, 0.15) is 19.8 Å². The molecule has 1 aliphatic rings. The first-order valence-corrected chi connectivity index (χ1v) is 8.78. The van der Waals surface area contributed by atoms with Gasteiger partial charge in [0.05, 0.1) is 0 Å². The van der Waals surface area contributed by atoms with Crippen LogP contribution in [0.25, 0.3) is 4.96 Å². The van der Waals surface area contributed by atoms with Gasteiger partial charge in [-0.2, -0.15) is 9.29 Å². The molecule has 2 aromatic rings. The van der Waals surface area contributed by atoms with Gasteiger partial charge in [-0.1, -0.05) is 6.92 Å². The van der Waals surface area contributed by atoms with Crippen LogP contribution in [0.15, 0.2) is 16.6 Å². The van der Waals surface area contributed by atoms with Crippen LogP contribution in [0.3, 0.4) is 0 Å². The summed E-state index contributed by atoms with van der Waals surface area (Å²) in [6, 6.07) is 0. The molecule has 0 aromatic carbocycles. The second-order valence-corrected chi connectivity index (χ2v) is 7.78. The largest absolute Gasteiger partial charge is 0.306 e. The quantitative estimate of drug-likeness (QED) is 0.653. The molecule has 9 heteroatoms. The summed E-state index contributed by atoms with van der Waals surface area (Å²) in [5.41, 5.74) is 2.39. The molecule has 110 valence electrons. The maximum absolute atomic E-state index is 12.8. The molecule has 0 spiro atoms. The predicted octanol–water partition coefficient (Wildman–Crippen LogP) is 1.10. The Hall–Kier alpha value is -1.16. The average Bonchev–Trinajstić information content (AvgIpc) is 2.98. The third-order valence-corrected chi connectivity index (χ3v) is 6.36. The molecule has 0 bridgehead atoms. The standard InChI is InChI=1S/C11H17N5O2S2/c1-8-2-4-15(5-3-8)20(17,18)10-9(14-12)13-11-16(10)6-7-19-11/h6-8,14H,2-5,12H2,1H3. The molecule has 1 fully saturated rings. The third kappa shape index (κ3) is 2.10. The lowest BCUT2D eigenvalue weighted by atomic mass is 10.0. The number of aromatic nitrogens is 2. The Bertz CT molecular complexity index is 712. The first-order valence-electron chi connectivity index (χ1n) is 6.46. The average molecular weight is 315 g/mol. The Kier molecular flexibility index (Phi) is 3.44. The Morgan fingerprint density at radius 1 is 1.45 bits per heavy atom. The van der Waals surface area contributed by atoms with E-state index in [0.717, 1.165) is 12.8 Å². The van der Waals surface area contributed by atoms with Crippen LogP contribution in [0.5, 0.6) is 0 Å². The monoisotopic (exact) mass is 315 g/mol. The zero-order valence-electron chi connectivity index (χ0n) is 11.1. The number of nitrogens with one attached hydrogen (secondary N) is 1. The van der Waals surface area contributed by atoms with Crippen molar-refractivity contribution in [2.75, 3.05) is 18.5 Å². The van der Waals surface area contributed by atoms with Gasteiger partial charge in [-0.05, 0) is 18.8 Å². The summed E-state index contributed by atoms with van der Waals surface area (Å²) < 4.78 is 28.7. The summed E-state index contributed by atoms with van der Waals surface area (Å²) in [7, 11) is -3.58. The van der Waals surface area contributed by atoms with Gasteiger partial charge in [0.1, 0.15) is 0 Å². The highest BCUT2D eigenvalue weighted by molar-refractivity contribution is 7.89. The number of thiazole rings is 1. The zero-order chi connectivity index (χ0) is 14.3. The smallest absolute Gasteiger partial charge is 0.262 e. The van der Waals surface area contributed by atoms with Crippen LogP contribution in [0, 0.1) is 5.92 Å². The minimum Gasteiger partial charge on any atom is -0.306 e. The number of sulfonamides is 1. The van der Waals surface area contributed by atoms with Gasteiger partial charge in [0, 0.05) is 24.7 Å². The predicted molar refractivity (Wildman–Crippen MR) is 78.0 cm³/mol. The number of anilines is 1. The summed E-state index contributed by atoms with van der Waals surface area (Å²) in [5.74, 6) is 6.19. The van der Waals surface area contributed by atoms with Crippen LogP contribution in [0.2, 0.25) is 0 Å². The number of imidazole rings is 1. The van der Waals surface area contributed by atoms with Gasteiger partial charge in [-0.25, -0.2) is 14.3 Å². The van der Waals surface area contributed by atoms with Crippen molar-refractivity contribution in [1.29, 1.82) is 0 Å². The maximum atomic E-state index is 12.8. The number of nitrogen functional groups attached to an aromatic ring is 1. The SMILES string of the molecule is CC1CCN(S(=O)(=O)c2c(NN)nc3sccn23)CC1. The van der Waals surface area contributed by atoms with Gasteiger partial charge < -0.3 is 5.43 Å². The molecule has 0 amide bonds. The molecule has 3 heterocycles. The highest BCUT2D eigenvalue weighted by Gasteiger charge is 2.33. The van der Waals surface area contributed by atoms with E-state index in [1.165, 1.54) is 15.6 Å². The van der Waals surface area contributed by atoms with E-state index in [0.29, 0.717) is 24.0 Å². The van der Waals surface area contributed by atoms with Crippen LogP contribution >= 0.6 is 11.3 Å². The fourth-order valence-electron chi connectivity index (χ4n) is 2.45. The Morgan fingerprint density at radius 2 is 2.15 bits per heavy atom. The van der Waals surface area contributed by atoms with Gasteiger partial charge in [0.2, 0.25) is 5.03 Å². The molecular formula is C11H17N5O2S2. The summed E-state index contributed by atoms with van der Waals surface area (Å²) in [4.78, 5) is 4.82. The minimum atomic E-state index is -3.58. The van der Waals surface area contributed by atoms with E-state index in [9.17, 15) is 8.42 Å². The first-order chi connectivity index (χ1) is 9.54. The van der Waals surface area contributed by atoms with Crippen molar-refractivity contribution in [3.63, 3.8) is 0 Å². The van der Waals surface area contributed by atoms with Crippen molar-refractivity contribution in [2.45, 2.75) is 24.8 Å². The number of rotatable bonds is 3. The van der Waals surface area contributed by atoms with E-state index in [-0.39, 0.29) is 10.8 Å². The molecule has 1 saturated heterocycles. The van der Waals surface area contributed by atoms with E-state index >= 15 is 0 Å². The van der Waals surface area contributed by atoms with Crippen molar-refractivity contribution < 1.29 is 8.42 Å². The summed E-state index contributed by atoms with van der Waals surface area (Å²) in [6.07, 6.45) is 3.47. The van der Waals surface area contributed by atoms with E-state index in [1.54, 1.807) is 16.0 Å². The summed E-state index contributed by atoms with van der Waals surface area (Å²) in [5, 5.41) is 1.94. The number of piperidine rings is 1. The molecule has 0 radical (unpaired) electrons. The van der Waals surface area contributed by atoms with Crippen LogP contribution in [0.4, 0.5) is 5.82 Å². The topological polar surface area (TPSA) is 92.7 Å². The molecule has 20 heavy (non-hydrogen) atoms. The number of nitrogens with zero attached hydrogens (tertiary/aromatic N) is 3. The molecule has 7 nitrogen and oxygen atoms in total. The second-order valence-electron chi connectivity index (χ2n) is 5.05. The molecule has 0 saturated carbocycles. The number of fused-ring (bicyclic) bond motifs is 1. The number of hydrogen-bond acceptors (Lipinski definition) is 6. The summed E-state index contributed by atoms with van der Waals surface area (Å²) >= 11 is 1.37. The lowest BCUT2D eigenvalue weighted by molar-refractivity contribution is 0.287.